The van der Waals surface area contributed by atoms with Gasteiger partial charge in [0.15, 0.2) is 6.10 Å². The van der Waals surface area contributed by atoms with Crippen LogP contribution >= 0.6 is 0 Å². The third-order valence-corrected chi connectivity index (χ3v) is 2.42. The average molecular weight is 172 g/mol. The SMILES string of the molecule is CCOC(C(=O)O)C1CCCC1. The van der Waals surface area contributed by atoms with Crippen molar-refractivity contribution in [1.29, 1.82) is 0 Å². The first-order valence-electron chi connectivity index (χ1n) is 4.60. The van der Waals surface area contributed by atoms with Crippen LogP contribution in [0, 0.1) is 5.92 Å². The molecule has 0 amide bonds. The topological polar surface area (TPSA) is 46.5 Å². The number of carboxylic acid groups (broad SMARTS) is 1. The Morgan fingerprint density at radius 3 is 2.58 bits per heavy atom. The molecule has 1 rings (SSSR count). The van der Waals surface area contributed by atoms with Gasteiger partial charge in [-0.15, -0.1) is 0 Å². The molecule has 1 atom stereocenters. The maximum Gasteiger partial charge on any atom is 0.333 e. The van der Waals surface area contributed by atoms with Gasteiger partial charge >= 0.3 is 5.97 Å². The number of carboxylic acids is 1. The third-order valence-electron chi connectivity index (χ3n) is 2.42. The number of rotatable bonds is 4. The second kappa shape index (κ2) is 4.45. The lowest BCUT2D eigenvalue weighted by Crippen LogP contribution is -2.30. The summed E-state index contributed by atoms with van der Waals surface area (Å²) >= 11 is 0. The van der Waals surface area contributed by atoms with Crippen LogP contribution in [0.1, 0.15) is 32.6 Å². The van der Waals surface area contributed by atoms with Crippen molar-refractivity contribution in [1.82, 2.24) is 0 Å². The first-order chi connectivity index (χ1) is 5.75. The van der Waals surface area contributed by atoms with Gasteiger partial charge < -0.3 is 9.84 Å². The standard InChI is InChI=1S/C9H16O3/c1-2-12-8(9(10)11)7-5-3-4-6-7/h7-8H,2-6H2,1H3,(H,10,11). The lowest BCUT2D eigenvalue weighted by atomic mass is 10.0. The Bertz CT molecular complexity index is 150. The molecule has 0 spiro atoms. The van der Waals surface area contributed by atoms with Crippen LogP contribution in [0.4, 0.5) is 0 Å². The van der Waals surface area contributed by atoms with Crippen LogP contribution < -0.4 is 0 Å². The molecule has 0 bridgehead atoms. The van der Waals surface area contributed by atoms with E-state index in [0.29, 0.717) is 6.61 Å². The monoisotopic (exact) mass is 172 g/mol. The van der Waals surface area contributed by atoms with Crippen molar-refractivity contribution in [2.24, 2.45) is 5.92 Å². The Hall–Kier alpha value is -0.570. The van der Waals surface area contributed by atoms with Crippen LogP contribution in [0.25, 0.3) is 0 Å². The summed E-state index contributed by atoms with van der Waals surface area (Å²) in [4.78, 5) is 10.8. The molecule has 12 heavy (non-hydrogen) atoms. The van der Waals surface area contributed by atoms with Gasteiger partial charge in [-0.3, -0.25) is 0 Å². The summed E-state index contributed by atoms with van der Waals surface area (Å²) < 4.78 is 5.19. The van der Waals surface area contributed by atoms with Crippen LogP contribution in [0.2, 0.25) is 0 Å². The minimum atomic E-state index is -0.802. The first kappa shape index (κ1) is 9.52. The molecule has 1 fully saturated rings. The number of hydrogen-bond donors (Lipinski definition) is 1. The Labute approximate surface area is 72.7 Å². The van der Waals surface area contributed by atoms with E-state index in [0.717, 1.165) is 25.7 Å². The lowest BCUT2D eigenvalue weighted by molar-refractivity contribution is -0.153. The van der Waals surface area contributed by atoms with Gasteiger partial charge in [-0.2, -0.15) is 0 Å². The highest BCUT2D eigenvalue weighted by molar-refractivity contribution is 5.72. The number of aliphatic carboxylic acids is 1. The van der Waals surface area contributed by atoms with Crippen LogP contribution in [-0.4, -0.2) is 23.8 Å². The fourth-order valence-electron chi connectivity index (χ4n) is 1.85. The molecule has 1 unspecified atom stereocenters. The smallest absolute Gasteiger partial charge is 0.333 e. The van der Waals surface area contributed by atoms with Crippen molar-refractivity contribution < 1.29 is 14.6 Å². The molecule has 70 valence electrons. The second-order valence-electron chi connectivity index (χ2n) is 3.26. The highest BCUT2D eigenvalue weighted by Gasteiger charge is 2.30. The fourth-order valence-corrected chi connectivity index (χ4v) is 1.85. The first-order valence-corrected chi connectivity index (χ1v) is 4.60. The number of carbonyl (C=O) groups is 1. The Kier molecular flexibility index (Phi) is 3.53. The molecule has 0 radical (unpaired) electrons. The van der Waals surface area contributed by atoms with Crippen molar-refractivity contribution in [2.75, 3.05) is 6.61 Å². The van der Waals surface area contributed by atoms with Crippen molar-refractivity contribution in [3.63, 3.8) is 0 Å². The summed E-state index contributed by atoms with van der Waals surface area (Å²) in [6, 6.07) is 0. The average Bonchev–Trinajstić information content (AvgIpc) is 2.51. The van der Waals surface area contributed by atoms with Gasteiger partial charge in [0, 0.05) is 6.61 Å². The molecule has 3 heteroatoms. The summed E-state index contributed by atoms with van der Waals surface area (Å²) in [5.74, 6) is -0.550. The fraction of sp³-hybridized carbons (Fsp3) is 0.889. The van der Waals surface area contributed by atoms with E-state index in [-0.39, 0.29) is 5.92 Å². The molecular weight excluding hydrogens is 156 g/mol. The van der Waals surface area contributed by atoms with Crippen molar-refractivity contribution in [3.05, 3.63) is 0 Å². The molecule has 1 N–H and O–H groups in total. The van der Waals surface area contributed by atoms with Crippen molar-refractivity contribution >= 4 is 5.97 Å². The highest BCUT2D eigenvalue weighted by Crippen LogP contribution is 2.29. The summed E-state index contributed by atoms with van der Waals surface area (Å²) in [5, 5.41) is 8.84. The van der Waals surface area contributed by atoms with Crippen LogP contribution in [-0.2, 0) is 9.53 Å². The zero-order chi connectivity index (χ0) is 8.97. The normalized spacial score (nSPS) is 21.1. The van der Waals surface area contributed by atoms with E-state index < -0.39 is 12.1 Å². The molecule has 0 heterocycles. The van der Waals surface area contributed by atoms with E-state index in [4.69, 9.17) is 9.84 Å². The number of ether oxygens (including phenoxy) is 1. The summed E-state index contributed by atoms with van der Waals surface area (Å²) in [6.07, 6.45) is 3.77. The van der Waals surface area contributed by atoms with Gasteiger partial charge in [-0.25, -0.2) is 4.79 Å². The molecule has 0 saturated heterocycles. The predicted octanol–water partition coefficient (Wildman–Crippen LogP) is 1.67. The van der Waals surface area contributed by atoms with E-state index in [9.17, 15) is 4.79 Å². The van der Waals surface area contributed by atoms with Crippen LogP contribution in [0.15, 0.2) is 0 Å². The molecule has 0 aromatic carbocycles. The van der Waals surface area contributed by atoms with Crippen LogP contribution in [0.3, 0.4) is 0 Å². The quantitative estimate of drug-likeness (QED) is 0.701. The van der Waals surface area contributed by atoms with Gasteiger partial charge in [0.05, 0.1) is 0 Å². The van der Waals surface area contributed by atoms with Gasteiger partial charge in [0.2, 0.25) is 0 Å². The molecule has 1 saturated carbocycles. The third kappa shape index (κ3) is 2.21. The zero-order valence-electron chi connectivity index (χ0n) is 7.45. The zero-order valence-corrected chi connectivity index (χ0v) is 7.45. The number of hydrogen-bond acceptors (Lipinski definition) is 2. The largest absolute Gasteiger partial charge is 0.479 e. The van der Waals surface area contributed by atoms with E-state index in [1.165, 1.54) is 0 Å². The summed E-state index contributed by atoms with van der Waals surface area (Å²) in [5.41, 5.74) is 0. The molecule has 0 aliphatic heterocycles. The summed E-state index contributed by atoms with van der Waals surface area (Å²) in [7, 11) is 0. The molecular formula is C9H16O3. The molecule has 3 nitrogen and oxygen atoms in total. The second-order valence-corrected chi connectivity index (χ2v) is 3.26. The maximum absolute atomic E-state index is 10.8. The van der Waals surface area contributed by atoms with E-state index in [2.05, 4.69) is 0 Å². The van der Waals surface area contributed by atoms with Gasteiger partial charge in [0.25, 0.3) is 0 Å². The molecule has 0 aromatic heterocycles. The van der Waals surface area contributed by atoms with Crippen LogP contribution in [0.5, 0.6) is 0 Å². The lowest BCUT2D eigenvalue weighted by Gasteiger charge is -2.18. The Balaban J connectivity index is 2.45. The molecule has 0 aromatic rings. The predicted molar refractivity (Wildman–Crippen MR) is 45.0 cm³/mol. The maximum atomic E-state index is 10.8. The van der Waals surface area contributed by atoms with Crippen molar-refractivity contribution in [2.45, 2.75) is 38.7 Å². The van der Waals surface area contributed by atoms with Crippen molar-refractivity contribution in [3.8, 4) is 0 Å². The Morgan fingerprint density at radius 2 is 2.17 bits per heavy atom. The van der Waals surface area contributed by atoms with E-state index >= 15 is 0 Å². The highest BCUT2D eigenvalue weighted by atomic mass is 16.5. The minimum Gasteiger partial charge on any atom is -0.479 e. The minimum absolute atomic E-state index is 0.252. The molecule has 1 aliphatic rings. The Morgan fingerprint density at radius 1 is 1.58 bits per heavy atom. The van der Waals surface area contributed by atoms with Gasteiger partial charge in [0.1, 0.15) is 0 Å². The summed E-state index contributed by atoms with van der Waals surface area (Å²) in [6.45, 7) is 2.33. The van der Waals surface area contributed by atoms with E-state index in [1.807, 2.05) is 6.92 Å². The van der Waals surface area contributed by atoms with E-state index in [1.54, 1.807) is 0 Å². The van der Waals surface area contributed by atoms with Gasteiger partial charge in [-0.05, 0) is 25.7 Å². The van der Waals surface area contributed by atoms with Gasteiger partial charge in [-0.1, -0.05) is 12.8 Å². The molecule has 1 aliphatic carbocycles.